The van der Waals surface area contributed by atoms with Crippen molar-refractivity contribution < 1.29 is 9.53 Å². The highest BCUT2D eigenvalue weighted by Gasteiger charge is 2.18. The molecule has 0 aromatic carbocycles. The van der Waals surface area contributed by atoms with Crippen molar-refractivity contribution in [2.45, 2.75) is 25.8 Å². The van der Waals surface area contributed by atoms with Crippen molar-refractivity contribution in [3.8, 4) is 0 Å². The van der Waals surface area contributed by atoms with E-state index in [0.717, 1.165) is 12.5 Å². The quantitative estimate of drug-likeness (QED) is 0.684. The number of aromatic nitrogens is 2. The lowest BCUT2D eigenvalue weighted by atomic mass is 9.85. The standard InChI is InChI=1S/C10H14N2O2/c1-14-10(13)9-5-6-12(11-9)7-8-3-2-4-8/h5-6,8H,2-4,7H2,1H3. The average Bonchev–Trinajstić information content (AvgIpc) is 2.58. The first-order valence-electron chi connectivity index (χ1n) is 4.91. The molecule has 1 aromatic rings. The van der Waals surface area contributed by atoms with Crippen LogP contribution in [0.4, 0.5) is 0 Å². The molecule has 2 rings (SSSR count). The summed E-state index contributed by atoms with van der Waals surface area (Å²) in [5, 5.41) is 4.14. The minimum Gasteiger partial charge on any atom is -0.464 e. The molecule has 0 spiro atoms. The summed E-state index contributed by atoms with van der Waals surface area (Å²) in [6.45, 7) is 0.928. The third kappa shape index (κ3) is 1.78. The Kier molecular flexibility index (Phi) is 2.52. The second-order valence-corrected chi connectivity index (χ2v) is 3.71. The zero-order chi connectivity index (χ0) is 9.97. The van der Waals surface area contributed by atoms with E-state index in [4.69, 9.17) is 0 Å². The third-order valence-electron chi connectivity index (χ3n) is 2.71. The van der Waals surface area contributed by atoms with Crippen LogP contribution >= 0.6 is 0 Å². The van der Waals surface area contributed by atoms with E-state index < -0.39 is 0 Å². The van der Waals surface area contributed by atoms with Crippen molar-refractivity contribution in [1.82, 2.24) is 9.78 Å². The van der Waals surface area contributed by atoms with E-state index in [1.807, 2.05) is 10.9 Å². The van der Waals surface area contributed by atoms with Crippen LogP contribution in [0, 0.1) is 5.92 Å². The Balaban J connectivity index is 1.98. The molecule has 76 valence electrons. The Labute approximate surface area is 82.9 Å². The van der Waals surface area contributed by atoms with E-state index in [1.54, 1.807) is 6.07 Å². The molecular weight excluding hydrogens is 180 g/mol. The van der Waals surface area contributed by atoms with Gasteiger partial charge in [0.1, 0.15) is 0 Å². The molecule has 0 N–H and O–H groups in total. The number of carbonyl (C=O) groups excluding carboxylic acids is 1. The van der Waals surface area contributed by atoms with Crippen LogP contribution < -0.4 is 0 Å². The molecule has 0 unspecified atom stereocenters. The SMILES string of the molecule is COC(=O)c1ccn(CC2CCC2)n1. The van der Waals surface area contributed by atoms with E-state index in [1.165, 1.54) is 26.4 Å². The van der Waals surface area contributed by atoms with Crippen molar-refractivity contribution >= 4 is 5.97 Å². The van der Waals surface area contributed by atoms with Crippen molar-refractivity contribution in [2.75, 3.05) is 7.11 Å². The maximum Gasteiger partial charge on any atom is 0.358 e. The van der Waals surface area contributed by atoms with E-state index in [9.17, 15) is 4.79 Å². The molecule has 1 aliphatic carbocycles. The summed E-state index contributed by atoms with van der Waals surface area (Å²) in [7, 11) is 1.37. The van der Waals surface area contributed by atoms with Gasteiger partial charge in [0.05, 0.1) is 7.11 Å². The normalized spacial score (nSPS) is 16.4. The summed E-state index contributed by atoms with van der Waals surface area (Å²) in [4.78, 5) is 11.1. The molecular formula is C10H14N2O2. The molecule has 14 heavy (non-hydrogen) atoms. The fraction of sp³-hybridized carbons (Fsp3) is 0.600. The molecule has 4 nitrogen and oxygen atoms in total. The third-order valence-corrected chi connectivity index (χ3v) is 2.71. The zero-order valence-corrected chi connectivity index (χ0v) is 8.27. The van der Waals surface area contributed by atoms with Crippen molar-refractivity contribution in [3.05, 3.63) is 18.0 Å². The lowest BCUT2D eigenvalue weighted by molar-refractivity contribution is 0.0592. The molecule has 0 aliphatic heterocycles. The number of rotatable bonds is 3. The summed E-state index contributed by atoms with van der Waals surface area (Å²) in [6.07, 6.45) is 5.74. The van der Waals surface area contributed by atoms with Crippen LogP contribution in [-0.2, 0) is 11.3 Å². The Morgan fingerprint density at radius 1 is 1.71 bits per heavy atom. The number of carbonyl (C=O) groups is 1. The lowest BCUT2D eigenvalue weighted by Crippen LogP contribution is -2.18. The van der Waals surface area contributed by atoms with Gasteiger partial charge in [-0.3, -0.25) is 4.68 Å². The molecule has 1 saturated carbocycles. The van der Waals surface area contributed by atoms with Gasteiger partial charge in [-0.2, -0.15) is 5.10 Å². The summed E-state index contributed by atoms with van der Waals surface area (Å²) >= 11 is 0. The fourth-order valence-corrected chi connectivity index (χ4v) is 1.62. The predicted octanol–water partition coefficient (Wildman–Crippen LogP) is 1.47. The topological polar surface area (TPSA) is 44.1 Å². The van der Waals surface area contributed by atoms with Crippen LogP contribution in [0.25, 0.3) is 0 Å². The molecule has 0 radical (unpaired) electrons. The number of hydrogen-bond acceptors (Lipinski definition) is 3. The van der Waals surface area contributed by atoms with Gasteiger partial charge >= 0.3 is 5.97 Å². The number of hydrogen-bond donors (Lipinski definition) is 0. The van der Waals surface area contributed by atoms with Crippen molar-refractivity contribution in [2.24, 2.45) is 5.92 Å². The molecule has 1 aliphatic rings. The van der Waals surface area contributed by atoms with E-state index in [0.29, 0.717) is 5.69 Å². The second kappa shape index (κ2) is 3.82. The van der Waals surface area contributed by atoms with Gasteiger partial charge in [0.25, 0.3) is 0 Å². The van der Waals surface area contributed by atoms with Crippen LogP contribution in [0.2, 0.25) is 0 Å². The van der Waals surface area contributed by atoms with Crippen molar-refractivity contribution in [3.63, 3.8) is 0 Å². The molecule has 1 aromatic heterocycles. The molecule has 0 atom stereocenters. The Morgan fingerprint density at radius 2 is 2.50 bits per heavy atom. The second-order valence-electron chi connectivity index (χ2n) is 3.71. The van der Waals surface area contributed by atoms with Gasteiger partial charge in [-0.05, 0) is 24.8 Å². The van der Waals surface area contributed by atoms with Gasteiger partial charge in [-0.15, -0.1) is 0 Å². The smallest absolute Gasteiger partial charge is 0.358 e. The summed E-state index contributed by atoms with van der Waals surface area (Å²) in [5.41, 5.74) is 0.395. The minimum absolute atomic E-state index is 0.364. The first-order chi connectivity index (χ1) is 6.79. The molecule has 1 fully saturated rings. The van der Waals surface area contributed by atoms with E-state index >= 15 is 0 Å². The molecule has 0 saturated heterocycles. The Bertz CT molecular complexity index is 329. The number of nitrogens with zero attached hydrogens (tertiary/aromatic N) is 2. The highest BCUT2D eigenvalue weighted by Crippen LogP contribution is 2.27. The average molecular weight is 194 g/mol. The number of methoxy groups -OCH3 is 1. The van der Waals surface area contributed by atoms with Crippen LogP contribution in [0.5, 0.6) is 0 Å². The predicted molar refractivity (Wildman–Crippen MR) is 50.9 cm³/mol. The number of ether oxygens (including phenoxy) is 1. The molecule has 4 heteroatoms. The monoisotopic (exact) mass is 194 g/mol. The molecule has 0 amide bonds. The molecule has 0 bridgehead atoms. The summed E-state index contributed by atoms with van der Waals surface area (Å²) in [6, 6.07) is 1.70. The summed E-state index contributed by atoms with van der Waals surface area (Å²) in [5.74, 6) is 0.387. The Hall–Kier alpha value is -1.32. The van der Waals surface area contributed by atoms with E-state index in [2.05, 4.69) is 9.84 Å². The molecule has 1 heterocycles. The lowest BCUT2D eigenvalue weighted by Gasteiger charge is -2.24. The first-order valence-corrected chi connectivity index (χ1v) is 4.91. The zero-order valence-electron chi connectivity index (χ0n) is 8.27. The Morgan fingerprint density at radius 3 is 3.07 bits per heavy atom. The number of esters is 1. The summed E-state index contributed by atoms with van der Waals surface area (Å²) < 4.78 is 6.41. The highest BCUT2D eigenvalue weighted by atomic mass is 16.5. The van der Waals surface area contributed by atoms with Crippen LogP contribution in [0.3, 0.4) is 0 Å². The van der Waals surface area contributed by atoms with Gasteiger partial charge in [-0.1, -0.05) is 6.42 Å². The maximum absolute atomic E-state index is 11.1. The van der Waals surface area contributed by atoms with Gasteiger partial charge in [-0.25, -0.2) is 4.79 Å². The fourth-order valence-electron chi connectivity index (χ4n) is 1.62. The minimum atomic E-state index is -0.364. The maximum atomic E-state index is 11.1. The highest BCUT2D eigenvalue weighted by molar-refractivity contribution is 5.86. The van der Waals surface area contributed by atoms with Crippen LogP contribution in [0.15, 0.2) is 12.3 Å². The van der Waals surface area contributed by atoms with Gasteiger partial charge in [0, 0.05) is 12.7 Å². The first kappa shape index (κ1) is 9.24. The van der Waals surface area contributed by atoms with Gasteiger partial charge in [0.15, 0.2) is 5.69 Å². The largest absolute Gasteiger partial charge is 0.464 e. The van der Waals surface area contributed by atoms with Crippen LogP contribution in [0.1, 0.15) is 29.8 Å². The van der Waals surface area contributed by atoms with Crippen molar-refractivity contribution in [1.29, 1.82) is 0 Å². The van der Waals surface area contributed by atoms with Gasteiger partial charge in [0.2, 0.25) is 0 Å². The van der Waals surface area contributed by atoms with Crippen LogP contribution in [-0.4, -0.2) is 22.9 Å². The van der Waals surface area contributed by atoms with Gasteiger partial charge < -0.3 is 4.74 Å². The van der Waals surface area contributed by atoms with E-state index in [-0.39, 0.29) is 5.97 Å².